The largest absolute Gasteiger partial charge is 0.395 e. The van der Waals surface area contributed by atoms with Crippen molar-refractivity contribution in [3.63, 3.8) is 0 Å². The average Bonchev–Trinajstić information content (AvgIpc) is 2.42. The molecule has 1 saturated heterocycles. The molecule has 2 rings (SSSR count). The van der Waals surface area contributed by atoms with Crippen molar-refractivity contribution < 1.29 is 9.84 Å². The minimum absolute atomic E-state index is 0.174. The summed E-state index contributed by atoms with van der Waals surface area (Å²) >= 11 is 0. The first-order valence-electron chi connectivity index (χ1n) is 7.42. The molecule has 1 heterocycles. The Balaban J connectivity index is 1.89. The van der Waals surface area contributed by atoms with Gasteiger partial charge in [-0.25, -0.2) is 0 Å². The molecule has 0 spiro atoms. The van der Waals surface area contributed by atoms with Crippen LogP contribution in [0.25, 0.3) is 0 Å². The molecule has 0 aromatic heterocycles. The van der Waals surface area contributed by atoms with E-state index in [1.165, 1.54) is 19.3 Å². The van der Waals surface area contributed by atoms with Gasteiger partial charge >= 0.3 is 0 Å². The van der Waals surface area contributed by atoms with Gasteiger partial charge in [-0.15, -0.1) is 0 Å². The molecule has 0 bridgehead atoms. The Morgan fingerprint density at radius 2 is 2.22 bits per heavy atom. The van der Waals surface area contributed by atoms with Crippen molar-refractivity contribution in [2.24, 2.45) is 17.6 Å². The van der Waals surface area contributed by atoms with Crippen LogP contribution >= 0.6 is 0 Å². The number of hydrogen-bond donors (Lipinski definition) is 2. The summed E-state index contributed by atoms with van der Waals surface area (Å²) in [4.78, 5) is 2.38. The molecule has 4 nitrogen and oxygen atoms in total. The van der Waals surface area contributed by atoms with Gasteiger partial charge in [0.05, 0.1) is 25.9 Å². The predicted octanol–water partition coefficient (Wildman–Crippen LogP) is 0.833. The van der Waals surface area contributed by atoms with Crippen LogP contribution < -0.4 is 5.73 Å². The first-order valence-corrected chi connectivity index (χ1v) is 7.42. The standard InChI is InChI=1S/C14H28N2O2/c1-2-11-3-4-14(15)12(7-11)8-16-5-6-18-10-13(16)9-17/h11-14,17H,2-10,15H2,1H3. The molecule has 0 radical (unpaired) electrons. The van der Waals surface area contributed by atoms with Crippen molar-refractivity contribution in [2.75, 3.05) is 32.9 Å². The van der Waals surface area contributed by atoms with Crippen molar-refractivity contribution >= 4 is 0 Å². The number of nitrogens with zero attached hydrogens (tertiary/aromatic N) is 1. The SMILES string of the molecule is CCC1CCC(N)C(CN2CCOCC2CO)C1. The normalized spacial score (nSPS) is 38.8. The van der Waals surface area contributed by atoms with E-state index in [2.05, 4.69) is 11.8 Å². The number of ether oxygens (including phenoxy) is 1. The van der Waals surface area contributed by atoms with Crippen LogP contribution in [0.3, 0.4) is 0 Å². The van der Waals surface area contributed by atoms with Gasteiger partial charge in [-0.05, 0) is 31.1 Å². The van der Waals surface area contributed by atoms with Crippen molar-refractivity contribution in [1.29, 1.82) is 0 Å². The van der Waals surface area contributed by atoms with Crippen molar-refractivity contribution in [3.8, 4) is 0 Å². The highest BCUT2D eigenvalue weighted by Gasteiger charge is 2.31. The van der Waals surface area contributed by atoms with Crippen LogP contribution in [0.4, 0.5) is 0 Å². The summed E-state index contributed by atoms with van der Waals surface area (Å²) in [6, 6.07) is 0.517. The number of hydrogen-bond acceptors (Lipinski definition) is 4. The summed E-state index contributed by atoms with van der Waals surface area (Å²) in [7, 11) is 0. The third kappa shape index (κ3) is 3.44. The molecule has 4 atom stereocenters. The van der Waals surface area contributed by atoms with Crippen LogP contribution in [0, 0.1) is 11.8 Å². The van der Waals surface area contributed by atoms with E-state index in [9.17, 15) is 5.11 Å². The van der Waals surface area contributed by atoms with Crippen molar-refractivity contribution in [2.45, 2.75) is 44.7 Å². The van der Waals surface area contributed by atoms with Crippen LogP contribution in [-0.2, 0) is 4.74 Å². The summed E-state index contributed by atoms with van der Waals surface area (Å²) in [5, 5.41) is 9.40. The van der Waals surface area contributed by atoms with Gasteiger partial charge in [0.25, 0.3) is 0 Å². The second kappa shape index (κ2) is 6.85. The molecule has 1 saturated carbocycles. The topological polar surface area (TPSA) is 58.7 Å². The maximum atomic E-state index is 9.40. The lowest BCUT2D eigenvalue weighted by Gasteiger charge is -2.41. The van der Waals surface area contributed by atoms with Crippen LogP contribution in [0.5, 0.6) is 0 Å². The highest BCUT2D eigenvalue weighted by atomic mass is 16.5. The first kappa shape index (κ1) is 14.3. The smallest absolute Gasteiger partial charge is 0.0644 e. The third-order valence-electron chi connectivity index (χ3n) is 4.76. The second-order valence-corrected chi connectivity index (χ2v) is 5.92. The van der Waals surface area contributed by atoms with E-state index < -0.39 is 0 Å². The molecular formula is C14H28N2O2. The Morgan fingerprint density at radius 3 is 2.94 bits per heavy atom. The predicted molar refractivity (Wildman–Crippen MR) is 72.4 cm³/mol. The number of morpholine rings is 1. The molecule has 4 heteroatoms. The van der Waals surface area contributed by atoms with Gasteiger partial charge in [0.15, 0.2) is 0 Å². The zero-order chi connectivity index (χ0) is 13.0. The van der Waals surface area contributed by atoms with E-state index >= 15 is 0 Å². The number of rotatable bonds is 4. The summed E-state index contributed by atoms with van der Waals surface area (Å²) in [6.45, 7) is 5.89. The van der Waals surface area contributed by atoms with Gasteiger partial charge in [0.1, 0.15) is 0 Å². The van der Waals surface area contributed by atoms with Gasteiger partial charge in [0, 0.05) is 19.1 Å². The molecule has 2 aliphatic rings. The van der Waals surface area contributed by atoms with Gasteiger partial charge in [0.2, 0.25) is 0 Å². The van der Waals surface area contributed by atoms with E-state index in [4.69, 9.17) is 10.5 Å². The minimum atomic E-state index is 0.174. The molecule has 4 unspecified atom stereocenters. The highest BCUT2D eigenvalue weighted by Crippen LogP contribution is 2.31. The van der Waals surface area contributed by atoms with Crippen LogP contribution in [0.1, 0.15) is 32.6 Å². The Morgan fingerprint density at radius 1 is 1.39 bits per heavy atom. The fourth-order valence-corrected chi connectivity index (χ4v) is 3.36. The molecule has 0 aromatic rings. The summed E-state index contributed by atoms with van der Waals surface area (Å²) in [6.07, 6.45) is 4.99. The molecule has 3 N–H and O–H groups in total. The van der Waals surface area contributed by atoms with E-state index in [0.717, 1.165) is 32.0 Å². The number of nitrogens with two attached hydrogens (primary N) is 1. The highest BCUT2D eigenvalue weighted by molar-refractivity contribution is 4.86. The quantitative estimate of drug-likeness (QED) is 0.782. The fourth-order valence-electron chi connectivity index (χ4n) is 3.36. The fraction of sp³-hybridized carbons (Fsp3) is 1.00. The number of aliphatic hydroxyl groups excluding tert-OH is 1. The lowest BCUT2D eigenvalue weighted by molar-refractivity contribution is -0.0381. The van der Waals surface area contributed by atoms with Crippen LogP contribution in [0.2, 0.25) is 0 Å². The molecule has 2 fully saturated rings. The number of aliphatic hydroxyl groups is 1. The second-order valence-electron chi connectivity index (χ2n) is 5.92. The van der Waals surface area contributed by atoms with Gasteiger partial charge in [-0.3, -0.25) is 4.90 Å². The third-order valence-corrected chi connectivity index (χ3v) is 4.76. The molecule has 1 aliphatic carbocycles. The van der Waals surface area contributed by atoms with Crippen LogP contribution in [0.15, 0.2) is 0 Å². The Kier molecular flexibility index (Phi) is 5.42. The monoisotopic (exact) mass is 256 g/mol. The summed E-state index contributed by atoms with van der Waals surface area (Å²) in [5.41, 5.74) is 6.28. The minimum Gasteiger partial charge on any atom is -0.395 e. The zero-order valence-electron chi connectivity index (χ0n) is 11.6. The molecule has 0 aromatic carbocycles. The van der Waals surface area contributed by atoms with E-state index in [1.54, 1.807) is 0 Å². The van der Waals surface area contributed by atoms with Crippen LogP contribution in [-0.4, -0.2) is 55.0 Å². The Bertz CT molecular complexity index is 250. The Hall–Kier alpha value is -0.160. The Labute approximate surface area is 110 Å². The van der Waals surface area contributed by atoms with Gasteiger partial charge in [-0.2, -0.15) is 0 Å². The lowest BCUT2D eigenvalue weighted by atomic mass is 9.77. The lowest BCUT2D eigenvalue weighted by Crippen LogP contribution is -2.52. The summed E-state index contributed by atoms with van der Waals surface area (Å²) < 4.78 is 5.43. The molecular weight excluding hydrogens is 228 g/mol. The first-order chi connectivity index (χ1) is 8.74. The maximum Gasteiger partial charge on any atom is 0.0644 e. The van der Waals surface area contributed by atoms with Gasteiger partial charge in [-0.1, -0.05) is 13.3 Å². The van der Waals surface area contributed by atoms with E-state index in [1.807, 2.05) is 0 Å². The maximum absolute atomic E-state index is 9.40. The summed E-state index contributed by atoms with van der Waals surface area (Å²) in [5.74, 6) is 1.44. The van der Waals surface area contributed by atoms with E-state index in [0.29, 0.717) is 18.6 Å². The zero-order valence-corrected chi connectivity index (χ0v) is 11.6. The molecule has 18 heavy (non-hydrogen) atoms. The van der Waals surface area contributed by atoms with E-state index in [-0.39, 0.29) is 12.6 Å². The van der Waals surface area contributed by atoms with Gasteiger partial charge < -0.3 is 15.6 Å². The molecule has 1 aliphatic heterocycles. The van der Waals surface area contributed by atoms with Crippen molar-refractivity contribution in [3.05, 3.63) is 0 Å². The molecule has 106 valence electrons. The van der Waals surface area contributed by atoms with Crippen molar-refractivity contribution in [1.82, 2.24) is 4.90 Å². The average molecular weight is 256 g/mol. The molecule has 0 amide bonds.